The number of nitrogens with zero attached hydrogens (tertiary/aromatic N) is 1. The number of benzene rings is 1. The first kappa shape index (κ1) is 11.7. The van der Waals surface area contributed by atoms with Crippen LogP contribution < -0.4 is 0 Å². The summed E-state index contributed by atoms with van der Waals surface area (Å²) in [7, 11) is 0. The monoisotopic (exact) mass is 272 g/mol. The van der Waals surface area contributed by atoms with Gasteiger partial charge in [0, 0.05) is 16.9 Å². The van der Waals surface area contributed by atoms with Crippen LogP contribution in [0, 0.1) is 4.77 Å². The SMILES string of the molecule is CCc1c[nH]c(=S)n1-c1cc(Cl)ccc1Cl. The van der Waals surface area contributed by atoms with Crippen LogP contribution in [0.25, 0.3) is 5.69 Å². The van der Waals surface area contributed by atoms with E-state index in [9.17, 15) is 0 Å². The highest BCUT2D eigenvalue weighted by atomic mass is 35.5. The number of halogens is 2. The first-order valence-electron chi connectivity index (χ1n) is 4.88. The number of hydrogen-bond acceptors (Lipinski definition) is 1. The molecule has 0 aliphatic heterocycles. The van der Waals surface area contributed by atoms with Gasteiger partial charge in [-0.3, -0.25) is 4.57 Å². The summed E-state index contributed by atoms with van der Waals surface area (Å²) in [5.41, 5.74) is 1.89. The van der Waals surface area contributed by atoms with Gasteiger partial charge < -0.3 is 4.98 Å². The van der Waals surface area contributed by atoms with E-state index in [1.807, 2.05) is 16.8 Å². The largest absolute Gasteiger partial charge is 0.337 e. The van der Waals surface area contributed by atoms with Crippen LogP contribution in [0.3, 0.4) is 0 Å². The lowest BCUT2D eigenvalue weighted by Gasteiger charge is -2.09. The van der Waals surface area contributed by atoms with E-state index < -0.39 is 0 Å². The summed E-state index contributed by atoms with van der Waals surface area (Å²) >= 11 is 17.3. The molecule has 0 aliphatic rings. The highest BCUT2D eigenvalue weighted by molar-refractivity contribution is 7.71. The van der Waals surface area contributed by atoms with Crippen LogP contribution >= 0.6 is 35.4 Å². The van der Waals surface area contributed by atoms with Gasteiger partial charge in [0.1, 0.15) is 0 Å². The molecule has 5 heteroatoms. The van der Waals surface area contributed by atoms with Gasteiger partial charge >= 0.3 is 0 Å². The maximum atomic E-state index is 6.15. The molecule has 1 aromatic carbocycles. The first-order valence-corrected chi connectivity index (χ1v) is 6.04. The molecule has 1 N–H and O–H groups in total. The normalized spacial score (nSPS) is 10.7. The zero-order valence-corrected chi connectivity index (χ0v) is 11.0. The molecule has 1 aromatic heterocycles. The maximum absolute atomic E-state index is 6.15. The van der Waals surface area contributed by atoms with Crippen molar-refractivity contribution >= 4 is 35.4 Å². The lowest BCUT2D eigenvalue weighted by atomic mass is 10.3. The Kier molecular flexibility index (Phi) is 3.38. The van der Waals surface area contributed by atoms with Gasteiger partial charge in [0.05, 0.1) is 10.7 Å². The predicted octanol–water partition coefficient (Wildman–Crippen LogP) is 4.40. The molecule has 2 rings (SSSR count). The van der Waals surface area contributed by atoms with E-state index in [0.29, 0.717) is 14.8 Å². The number of aromatic amines is 1. The van der Waals surface area contributed by atoms with Crippen LogP contribution in [-0.4, -0.2) is 9.55 Å². The number of aromatic nitrogens is 2. The zero-order chi connectivity index (χ0) is 11.7. The van der Waals surface area contributed by atoms with Crippen LogP contribution in [0.1, 0.15) is 12.6 Å². The lowest BCUT2D eigenvalue weighted by molar-refractivity contribution is 0.922. The molecule has 0 radical (unpaired) electrons. The molecular weight excluding hydrogens is 263 g/mol. The zero-order valence-electron chi connectivity index (χ0n) is 8.63. The molecular formula is C11H10Cl2N2S. The molecule has 0 saturated heterocycles. The molecule has 0 atom stereocenters. The summed E-state index contributed by atoms with van der Waals surface area (Å²) in [5, 5.41) is 1.28. The number of rotatable bonds is 2. The summed E-state index contributed by atoms with van der Waals surface area (Å²) < 4.78 is 2.53. The van der Waals surface area contributed by atoms with Crippen LogP contribution in [0.15, 0.2) is 24.4 Å². The van der Waals surface area contributed by atoms with Crippen molar-refractivity contribution < 1.29 is 0 Å². The van der Waals surface area contributed by atoms with E-state index in [2.05, 4.69) is 11.9 Å². The summed E-state index contributed by atoms with van der Waals surface area (Å²) in [4.78, 5) is 3.01. The molecule has 0 spiro atoms. The number of nitrogens with one attached hydrogen (secondary N) is 1. The average Bonchev–Trinajstić information content (AvgIpc) is 2.63. The minimum atomic E-state index is 0.626. The second-order valence-electron chi connectivity index (χ2n) is 3.37. The quantitative estimate of drug-likeness (QED) is 0.804. The number of imidazole rings is 1. The second kappa shape index (κ2) is 4.62. The number of aryl methyl sites for hydroxylation is 1. The Morgan fingerprint density at radius 3 is 2.81 bits per heavy atom. The van der Waals surface area contributed by atoms with E-state index >= 15 is 0 Å². The summed E-state index contributed by atoms with van der Waals surface area (Å²) in [5.74, 6) is 0. The van der Waals surface area contributed by atoms with Gasteiger partial charge in [-0.1, -0.05) is 30.1 Å². The first-order chi connectivity index (χ1) is 7.63. The Hall–Kier alpha value is -0.770. The maximum Gasteiger partial charge on any atom is 0.182 e. The van der Waals surface area contributed by atoms with Crippen molar-refractivity contribution in [1.82, 2.24) is 9.55 Å². The average molecular weight is 273 g/mol. The smallest absolute Gasteiger partial charge is 0.182 e. The molecule has 0 unspecified atom stereocenters. The van der Waals surface area contributed by atoms with Crippen molar-refractivity contribution in [3.05, 3.63) is 44.9 Å². The van der Waals surface area contributed by atoms with Crippen LogP contribution in [0.4, 0.5) is 0 Å². The van der Waals surface area contributed by atoms with E-state index in [4.69, 9.17) is 35.4 Å². The Morgan fingerprint density at radius 2 is 2.12 bits per heavy atom. The Morgan fingerprint density at radius 1 is 1.38 bits per heavy atom. The second-order valence-corrected chi connectivity index (χ2v) is 4.60. The van der Waals surface area contributed by atoms with Gasteiger partial charge in [0.25, 0.3) is 0 Å². The minimum Gasteiger partial charge on any atom is -0.337 e. The van der Waals surface area contributed by atoms with Crippen LogP contribution in [-0.2, 0) is 6.42 Å². The Bertz CT molecular complexity index is 572. The molecule has 2 nitrogen and oxygen atoms in total. The van der Waals surface area contributed by atoms with Crippen LogP contribution in [0.2, 0.25) is 10.0 Å². The van der Waals surface area contributed by atoms with Gasteiger partial charge in [-0.05, 0) is 36.8 Å². The number of H-pyrrole nitrogens is 1. The molecule has 0 bridgehead atoms. The predicted molar refractivity (Wildman–Crippen MR) is 70.4 cm³/mol. The van der Waals surface area contributed by atoms with Gasteiger partial charge in [0.2, 0.25) is 0 Å². The third-order valence-electron chi connectivity index (χ3n) is 2.36. The fourth-order valence-corrected chi connectivity index (χ4v) is 2.23. The van der Waals surface area contributed by atoms with Gasteiger partial charge in [0.15, 0.2) is 4.77 Å². The van der Waals surface area contributed by atoms with Gasteiger partial charge in [-0.2, -0.15) is 0 Å². The van der Waals surface area contributed by atoms with Crippen LogP contribution in [0.5, 0.6) is 0 Å². The topological polar surface area (TPSA) is 20.7 Å². The lowest BCUT2D eigenvalue weighted by Crippen LogP contribution is -1.99. The molecule has 1 heterocycles. The number of hydrogen-bond donors (Lipinski definition) is 1. The fraction of sp³-hybridized carbons (Fsp3) is 0.182. The van der Waals surface area contributed by atoms with Gasteiger partial charge in [-0.25, -0.2) is 0 Å². The molecule has 0 saturated carbocycles. The molecule has 84 valence electrons. The standard InChI is InChI=1S/C11H10Cl2N2S/c1-2-8-6-14-11(16)15(8)10-5-7(12)3-4-9(10)13/h3-6H,2H2,1H3,(H,14,16). The van der Waals surface area contributed by atoms with Crippen molar-refractivity contribution in [1.29, 1.82) is 0 Å². The highest BCUT2D eigenvalue weighted by Gasteiger charge is 2.08. The van der Waals surface area contributed by atoms with E-state index in [0.717, 1.165) is 17.8 Å². The van der Waals surface area contributed by atoms with Crippen molar-refractivity contribution in [2.24, 2.45) is 0 Å². The fourth-order valence-electron chi connectivity index (χ4n) is 1.59. The molecule has 2 aromatic rings. The Labute approximate surface area is 109 Å². The highest BCUT2D eigenvalue weighted by Crippen LogP contribution is 2.26. The third kappa shape index (κ3) is 2.03. The molecule has 0 fully saturated rings. The van der Waals surface area contributed by atoms with Crippen molar-refractivity contribution in [3.63, 3.8) is 0 Å². The van der Waals surface area contributed by atoms with Gasteiger partial charge in [-0.15, -0.1) is 0 Å². The summed E-state index contributed by atoms with van der Waals surface area (Å²) in [6, 6.07) is 5.34. The molecule has 0 aliphatic carbocycles. The minimum absolute atomic E-state index is 0.626. The van der Waals surface area contributed by atoms with E-state index in [-0.39, 0.29) is 0 Å². The summed E-state index contributed by atoms with van der Waals surface area (Å²) in [6.45, 7) is 2.06. The molecule has 0 amide bonds. The van der Waals surface area contributed by atoms with E-state index in [1.165, 1.54) is 0 Å². The van der Waals surface area contributed by atoms with Crippen molar-refractivity contribution in [2.45, 2.75) is 13.3 Å². The van der Waals surface area contributed by atoms with Crippen molar-refractivity contribution in [3.8, 4) is 5.69 Å². The summed E-state index contributed by atoms with van der Waals surface area (Å²) in [6.07, 6.45) is 2.76. The Balaban J connectivity index is 2.71. The third-order valence-corrected chi connectivity index (χ3v) is 3.22. The van der Waals surface area contributed by atoms with E-state index in [1.54, 1.807) is 12.1 Å². The molecule has 16 heavy (non-hydrogen) atoms. The van der Waals surface area contributed by atoms with Crippen molar-refractivity contribution in [2.75, 3.05) is 0 Å².